The fraction of sp³-hybridized carbons (Fsp3) is 0.429. The van der Waals surface area contributed by atoms with Crippen molar-refractivity contribution >= 4 is 11.7 Å². The lowest BCUT2D eigenvalue weighted by Gasteiger charge is -2.32. The van der Waals surface area contributed by atoms with Crippen molar-refractivity contribution in [3.8, 4) is 5.75 Å². The number of benzene rings is 1. The number of hydroxylamine groups is 3. The summed E-state index contributed by atoms with van der Waals surface area (Å²) in [5.74, 6) is 0.766. The molecule has 1 aliphatic heterocycles. The van der Waals surface area contributed by atoms with Gasteiger partial charge in [0.2, 0.25) is 5.91 Å². The monoisotopic (exact) mass is 388 g/mol. The second kappa shape index (κ2) is 10.8. The van der Waals surface area contributed by atoms with Gasteiger partial charge in [0.15, 0.2) is 5.78 Å². The zero-order valence-electron chi connectivity index (χ0n) is 16.6. The second-order valence-corrected chi connectivity index (χ2v) is 6.53. The molecule has 2 aliphatic rings. The summed E-state index contributed by atoms with van der Waals surface area (Å²) in [6.45, 7) is 0.930. The predicted octanol–water partition coefficient (Wildman–Crippen LogP) is 2.38. The molecule has 1 aromatic carbocycles. The number of hydrogen-bond acceptors (Lipinski definition) is 6. The molecule has 7 heteroatoms. The lowest BCUT2D eigenvalue weighted by atomic mass is 9.92. The van der Waals surface area contributed by atoms with E-state index in [1.807, 2.05) is 41.5 Å². The number of nitrogens with zero attached hydrogens (tertiary/aromatic N) is 1. The maximum atomic E-state index is 11.1. The van der Waals surface area contributed by atoms with Crippen molar-refractivity contribution in [3.63, 3.8) is 0 Å². The van der Waals surface area contributed by atoms with Crippen LogP contribution in [0.3, 0.4) is 0 Å². The summed E-state index contributed by atoms with van der Waals surface area (Å²) in [5.41, 5.74) is 3.22. The predicted molar refractivity (Wildman–Crippen MR) is 105 cm³/mol. The maximum absolute atomic E-state index is 11.1. The fourth-order valence-corrected chi connectivity index (χ4v) is 3.21. The van der Waals surface area contributed by atoms with E-state index in [2.05, 4.69) is 10.3 Å². The highest BCUT2D eigenvalue weighted by Gasteiger charge is 2.38. The number of nitrogens with one attached hydrogen (secondary N) is 1. The SMILES string of the molecule is CON1CCCC12C=CC(=O)C=C2.CONC(=O)CCc1ccc(OC)cc1. The summed E-state index contributed by atoms with van der Waals surface area (Å²) in [4.78, 5) is 31.8. The topological polar surface area (TPSA) is 77.1 Å². The van der Waals surface area contributed by atoms with E-state index in [1.165, 1.54) is 7.11 Å². The van der Waals surface area contributed by atoms with Gasteiger partial charge in [0.25, 0.3) is 0 Å². The van der Waals surface area contributed by atoms with Gasteiger partial charge < -0.3 is 9.57 Å². The molecule has 1 aliphatic carbocycles. The molecular weight excluding hydrogens is 360 g/mol. The van der Waals surface area contributed by atoms with Crippen LogP contribution in [0, 0.1) is 0 Å². The van der Waals surface area contributed by atoms with Crippen LogP contribution in [0.25, 0.3) is 0 Å². The summed E-state index contributed by atoms with van der Waals surface area (Å²) in [6, 6.07) is 7.64. The summed E-state index contributed by atoms with van der Waals surface area (Å²) in [6.07, 6.45) is 10.4. The first-order valence-corrected chi connectivity index (χ1v) is 9.22. The van der Waals surface area contributed by atoms with Crippen LogP contribution in [-0.2, 0) is 25.7 Å². The van der Waals surface area contributed by atoms with Gasteiger partial charge in [-0.05, 0) is 49.1 Å². The summed E-state index contributed by atoms with van der Waals surface area (Å²) in [7, 11) is 4.72. The molecule has 28 heavy (non-hydrogen) atoms. The minimum atomic E-state index is -0.150. The van der Waals surface area contributed by atoms with Gasteiger partial charge in [-0.1, -0.05) is 24.3 Å². The molecule has 0 unspecified atom stereocenters. The molecular formula is C21H28N2O5. The summed E-state index contributed by atoms with van der Waals surface area (Å²) >= 11 is 0. The number of carbonyl (C=O) groups excluding carboxylic acids is 2. The van der Waals surface area contributed by atoms with Crippen LogP contribution in [0.15, 0.2) is 48.6 Å². The normalized spacial score (nSPS) is 17.3. The fourth-order valence-electron chi connectivity index (χ4n) is 3.21. The molecule has 0 radical (unpaired) electrons. The molecule has 0 aromatic heterocycles. The third-order valence-corrected chi connectivity index (χ3v) is 4.71. The van der Waals surface area contributed by atoms with Gasteiger partial charge in [0, 0.05) is 13.0 Å². The minimum Gasteiger partial charge on any atom is -0.497 e. The highest BCUT2D eigenvalue weighted by molar-refractivity contribution is 6.00. The number of rotatable bonds is 6. The van der Waals surface area contributed by atoms with Crippen LogP contribution < -0.4 is 10.2 Å². The quantitative estimate of drug-likeness (QED) is 0.754. The molecule has 0 bridgehead atoms. The molecule has 1 N–H and O–H groups in total. The first-order valence-electron chi connectivity index (χ1n) is 9.22. The number of allylic oxidation sites excluding steroid dienone is 2. The van der Waals surface area contributed by atoms with Crippen molar-refractivity contribution < 1.29 is 24.0 Å². The van der Waals surface area contributed by atoms with Gasteiger partial charge in [0.05, 0.1) is 26.9 Å². The van der Waals surface area contributed by atoms with Gasteiger partial charge in [-0.15, -0.1) is 0 Å². The number of aryl methyl sites for hydroxylation is 1. The smallest absolute Gasteiger partial charge is 0.243 e. The van der Waals surface area contributed by atoms with E-state index in [-0.39, 0.29) is 17.2 Å². The lowest BCUT2D eigenvalue weighted by Crippen LogP contribution is -2.40. The van der Waals surface area contributed by atoms with Crippen LogP contribution in [0.1, 0.15) is 24.8 Å². The number of carbonyl (C=O) groups is 2. The Hall–Kier alpha value is -2.48. The lowest BCUT2D eigenvalue weighted by molar-refractivity contribution is -0.152. The Morgan fingerprint density at radius 1 is 1.14 bits per heavy atom. The molecule has 0 atom stereocenters. The van der Waals surface area contributed by atoms with E-state index in [0.717, 1.165) is 30.7 Å². The van der Waals surface area contributed by atoms with Crippen molar-refractivity contribution in [1.82, 2.24) is 10.5 Å². The van der Waals surface area contributed by atoms with Crippen LogP contribution >= 0.6 is 0 Å². The molecule has 1 amide bonds. The Morgan fingerprint density at radius 2 is 1.82 bits per heavy atom. The summed E-state index contributed by atoms with van der Waals surface area (Å²) in [5, 5.41) is 1.92. The second-order valence-electron chi connectivity index (χ2n) is 6.53. The number of methoxy groups -OCH3 is 1. The Balaban J connectivity index is 0.000000202. The van der Waals surface area contributed by atoms with E-state index >= 15 is 0 Å². The first kappa shape index (κ1) is 21.8. The average Bonchev–Trinajstić information content (AvgIpc) is 3.12. The van der Waals surface area contributed by atoms with E-state index < -0.39 is 0 Å². The van der Waals surface area contributed by atoms with Crippen molar-refractivity contribution in [3.05, 3.63) is 54.1 Å². The standard InChI is InChI=1S/C11H15NO3.C10H13NO2/c1-14-10-6-3-9(4-7-10)5-8-11(13)12-15-2;1-13-11-8-2-5-10(11)6-3-9(12)4-7-10/h3-4,6-7H,5,8H2,1-2H3,(H,12,13);3-4,6-7H,2,5,8H2,1H3. The van der Waals surface area contributed by atoms with Gasteiger partial charge in [0.1, 0.15) is 5.75 Å². The number of amides is 1. The molecule has 0 saturated carbocycles. The zero-order chi connectivity index (χ0) is 20.4. The highest BCUT2D eigenvalue weighted by atomic mass is 16.7. The van der Waals surface area contributed by atoms with E-state index in [9.17, 15) is 9.59 Å². The molecule has 1 spiro atoms. The minimum absolute atomic E-state index is 0.0635. The zero-order valence-corrected chi connectivity index (χ0v) is 16.6. The molecule has 1 heterocycles. The summed E-state index contributed by atoms with van der Waals surface area (Å²) < 4.78 is 5.03. The van der Waals surface area contributed by atoms with Gasteiger partial charge in [-0.25, -0.2) is 5.48 Å². The number of ketones is 1. The van der Waals surface area contributed by atoms with Crippen molar-refractivity contribution in [2.75, 3.05) is 27.9 Å². The number of ether oxygens (including phenoxy) is 1. The van der Waals surface area contributed by atoms with Crippen molar-refractivity contribution in [2.24, 2.45) is 0 Å². The Morgan fingerprint density at radius 3 is 2.39 bits per heavy atom. The van der Waals surface area contributed by atoms with E-state index in [4.69, 9.17) is 9.57 Å². The largest absolute Gasteiger partial charge is 0.497 e. The van der Waals surface area contributed by atoms with Crippen LogP contribution in [0.5, 0.6) is 5.75 Å². The Bertz CT molecular complexity index is 696. The molecule has 1 fully saturated rings. The third-order valence-electron chi connectivity index (χ3n) is 4.71. The molecule has 7 nitrogen and oxygen atoms in total. The van der Waals surface area contributed by atoms with Crippen molar-refractivity contribution in [1.29, 1.82) is 0 Å². The molecule has 3 rings (SSSR count). The van der Waals surface area contributed by atoms with Crippen molar-refractivity contribution in [2.45, 2.75) is 31.2 Å². The Kier molecular flexibility index (Phi) is 8.38. The molecule has 1 saturated heterocycles. The molecule has 152 valence electrons. The molecule has 1 aromatic rings. The van der Waals surface area contributed by atoms with Gasteiger partial charge >= 0.3 is 0 Å². The average molecular weight is 388 g/mol. The van der Waals surface area contributed by atoms with E-state index in [1.54, 1.807) is 26.4 Å². The van der Waals surface area contributed by atoms with Gasteiger partial charge in [-0.3, -0.25) is 14.4 Å². The van der Waals surface area contributed by atoms with Crippen LogP contribution in [0.2, 0.25) is 0 Å². The van der Waals surface area contributed by atoms with Crippen LogP contribution in [0.4, 0.5) is 0 Å². The first-order chi connectivity index (χ1) is 13.5. The van der Waals surface area contributed by atoms with Gasteiger partial charge in [-0.2, -0.15) is 5.06 Å². The third kappa shape index (κ3) is 6.02. The Labute approximate surface area is 165 Å². The number of hydrogen-bond donors (Lipinski definition) is 1. The maximum Gasteiger partial charge on any atom is 0.243 e. The van der Waals surface area contributed by atoms with Crippen LogP contribution in [-0.4, -0.2) is 50.2 Å². The van der Waals surface area contributed by atoms with E-state index in [0.29, 0.717) is 12.8 Å². The highest BCUT2D eigenvalue weighted by Crippen LogP contribution is 2.33.